The summed E-state index contributed by atoms with van der Waals surface area (Å²) in [5.41, 5.74) is -0.683. The summed E-state index contributed by atoms with van der Waals surface area (Å²) in [4.78, 5) is 52.6. The lowest BCUT2D eigenvalue weighted by atomic mass is 9.91. The van der Waals surface area contributed by atoms with Crippen molar-refractivity contribution in [2.24, 2.45) is 0 Å². The number of aliphatic carboxylic acids is 1. The zero-order chi connectivity index (χ0) is 24.8. The number of thiophene rings is 1. The molecule has 0 saturated carbocycles. The second kappa shape index (κ2) is 8.71. The summed E-state index contributed by atoms with van der Waals surface area (Å²) in [6.07, 6.45) is 0. The molecule has 1 aromatic heterocycles. The molecule has 0 radical (unpaired) electrons. The number of ether oxygens (including phenoxy) is 2. The third-order valence-electron chi connectivity index (χ3n) is 6.18. The maximum atomic E-state index is 13.3. The zero-order valence-corrected chi connectivity index (χ0v) is 20.6. The normalized spacial score (nSPS) is 25.8. The van der Waals surface area contributed by atoms with Gasteiger partial charge in [0, 0.05) is 7.11 Å². The number of aryl methyl sites for hydroxylation is 1. The van der Waals surface area contributed by atoms with Crippen LogP contribution in [0.2, 0.25) is 0 Å². The molecule has 9 nitrogen and oxygen atoms in total. The molecular weight excluding hydrogens is 480 g/mol. The first kappa shape index (κ1) is 24.2. The molecule has 2 amide bonds. The van der Waals surface area contributed by atoms with E-state index in [4.69, 9.17) is 9.47 Å². The smallest absolute Gasteiger partial charge is 0.359 e. The number of carboxylic acid groups (broad SMARTS) is 1. The van der Waals surface area contributed by atoms with Gasteiger partial charge < -0.3 is 19.9 Å². The van der Waals surface area contributed by atoms with Crippen molar-refractivity contribution >= 4 is 46.9 Å². The largest absolute Gasteiger partial charge is 0.478 e. The van der Waals surface area contributed by atoms with Crippen LogP contribution in [0.4, 0.5) is 0 Å². The zero-order valence-electron chi connectivity index (χ0n) is 18.9. The molecule has 2 saturated heterocycles. The summed E-state index contributed by atoms with van der Waals surface area (Å²) in [5.74, 6) is -4.30. The van der Waals surface area contributed by atoms with Gasteiger partial charge in [-0.15, -0.1) is 11.8 Å². The Bertz CT molecular complexity index is 1150. The number of nitrogens with one attached hydrogen (secondary N) is 1. The van der Waals surface area contributed by atoms with E-state index in [2.05, 4.69) is 5.32 Å². The first-order chi connectivity index (χ1) is 16.0. The number of hydrogen-bond acceptors (Lipinski definition) is 8. The molecule has 180 valence electrons. The Morgan fingerprint density at radius 3 is 2.50 bits per heavy atom. The Labute approximate surface area is 204 Å². The highest BCUT2D eigenvalue weighted by Crippen LogP contribution is 2.57. The molecule has 2 aliphatic heterocycles. The lowest BCUT2D eigenvalue weighted by Gasteiger charge is -2.48. The van der Waals surface area contributed by atoms with E-state index in [1.54, 1.807) is 55.8 Å². The van der Waals surface area contributed by atoms with E-state index in [1.165, 1.54) is 30.2 Å². The Hall–Kier alpha value is -2.89. The van der Waals surface area contributed by atoms with Crippen LogP contribution in [0.5, 0.6) is 5.75 Å². The van der Waals surface area contributed by atoms with Gasteiger partial charge in [-0.25, -0.2) is 4.79 Å². The van der Waals surface area contributed by atoms with Gasteiger partial charge in [0.15, 0.2) is 5.92 Å². The summed E-state index contributed by atoms with van der Waals surface area (Å²) in [7, 11) is 1.24. The molecule has 0 bridgehead atoms. The van der Waals surface area contributed by atoms with Gasteiger partial charge in [-0.2, -0.15) is 11.3 Å². The number of β-lactam (4-membered cyclic amide) rings is 1. The van der Waals surface area contributed by atoms with Crippen molar-refractivity contribution in [3.63, 3.8) is 0 Å². The number of para-hydroxylation sites is 1. The van der Waals surface area contributed by atoms with Crippen molar-refractivity contribution in [3.8, 4) is 5.75 Å². The maximum absolute atomic E-state index is 13.3. The van der Waals surface area contributed by atoms with Crippen molar-refractivity contribution < 1.29 is 33.8 Å². The Balaban J connectivity index is 1.57. The molecule has 1 aromatic carbocycles. The number of hydrogen-bond donors (Lipinski definition) is 2. The summed E-state index contributed by atoms with van der Waals surface area (Å²) < 4.78 is 9.89. The fourth-order valence-corrected chi connectivity index (χ4v) is 6.82. The fourth-order valence-electron chi connectivity index (χ4n) is 4.42. The van der Waals surface area contributed by atoms with Crippen LogP contribution in [-0.2, 0) is 23.9 Å². The Morgan fingerprint density at radius 2 is 1.91 bits per heavy atom. The highest BCUT2D eigenvalue weighted by atomic mass is 32.2. The van der Waals surface area contributed by atoms with E-state index in [9.17, 15) is 24.3 Å². The number of thioether (sulfide) groups is 1. The summed E-state index contributed by atoms with van der Waals surface area (Å²) in [5, 5.41) is 15.3. The molecule has 4 atom stereocenters. The minimum atomic E-state index is -1.86. The Kier molecular flexibility index (Phi) is 6.21. The molecule has 2 aliphatic rings. The van der Waals surface area contributed by atoms with Crippen molar-refractivity contribution in [3.05, 3.63) is 52.2 Å². The van der Waals surface area contributed by atoms with Crippen LogP contribution < -0.4 is 10.1 Å². The number of methoxy groups -OCH3 is 1. The van der Waals surface area contributed by atoms with Crippen LogP contribution in [0.25, 0.3) is 0 Å². The molecule has 2 fully saturated rings. The van der Waals surface area contributed by atoms with Crippen LogP contribution in [0.3, 0.4) is 0 Å². The quantitative estimate of drug-likeness (QED) is 0.255. The molecule has 2 aromatic rings. The van der Waals surface area contributed by atoms with E-state index in [0.29, 0.717) is 11.3 Å². The van der Waals surface area contributed by atoms with E-state index >= 15 is 0 Å². The topological polar surface area (TPSA) is 122 Å². The number of esters is 1. The van der Waals surface area contributed by atoms with Crippen LogP contribution in [0.15, 0.2) is 41.1 Å². The van der Waals surface area contributed by atoms with Crippen LogP contribution >= 0.6 is 23.1 Å². The second-order valence-electron chi connectivity index (χ2n) is 8.54. The second-order valence-corrected chi connectivity index (χ2v) is 11.1. The number of benzene rings is 1. The first-order valence-corrected chi connectivity index (χ1v) is 12.3. The molecule has 11 heteroatoms. The Morgan fingerprint density at radius 1 is 1.21 bits per heavy atom. The lowest BCUT2D eigenvalue weighted by Crippen LogP contribution is -2.76. The number of fused-ring (bicyclic) bond motifs is 1. The summed E-state index contributed by atoms with van der Waals surface area (Å²) in [6, 6.07) is 7.60. The van der Waals surface area contributed by atoms with Gasteiger partial charge in [-0.05, 0) is 54.8 Å². The molecule has 2 N–H and O–H groups in total. The predicted octanol–water partition coefficient (Wildman–Crippen LogP) is 2.35. The van der Waals surface area contributed by atoms with Gasteiger partial charge in [0.25, 0.3) is 11.6 Å². The van der Waals surface area contributed by atoms with Gasteiger partial charge in [0.05, 0.1) is 4.75 Å². The molecular formula is C23H24N2O7S2. The highest BCUT2D eigenvalue weighted by Gasteiger charge is 2.74. The van der Waals surface area contributed by atoms with Gasteiger partial charge in [-0.3, -0.25) is 19.3 Å². The average molecular weight is 505 g/mol. The number of rotatable bonds is 7. The van der Waals surface area contributed by atoms with E-state index in [-0.39, 0.29) is 0 Å². The number of amides is 2. The highest BCUT2D eigenvalue weighted by molar-refractivity contribution is 8.01. The minimum Gasteiger partial charge on any atom is -0.478 e. The van der Waals surface area contributed by atoms with Crippen molar-refractivity contribution in [2.75, 3.05) is 7.11 Å². The van der Waals surface area contributed by atoms with Crippen molar-refractivity contribution in [1.29, 1.82) is 0 Å². The number of carboxylic acids is 1. The summed E-state index contributed by atoms with van der Waals surface area (Å²) >= 11 is 2.55. The third kappa shape index (κ3) is 3.58. The van der Waals surface area contributed by atoms with Crippen molar-refractivity contribution in [2.45, 2.75) is 48.6 Å². The SMILES string of the molecule is CO[C@@]1(C(=O)O)N2C(=O)[C@@H](NC(=O)[C@H](C(=O)Oc3ccccc3C)c3ccsc3)[C@H]2SC1(C)C. The van der Waals surface area contributed by atoms with E-state index in [1.807, 2.05) is 6.07 Å². The average Bonchev–Trinajstić information content (AvgIpc) is 3.37. The monoisotopic (exact) mass is 504 g/mol. The molecule has 0 unspecified atom stereocenters. The molecule has 3 heterocycles. The van der Waals surface area contributed by atoms with E-state index < -0.39 is 51.6 Å². The molecule has 4 rings (SSSR count). The van der Waals surface area contributed by atoms with Gasteiger partial charge in [0.1, 0.15) is 17.2 Å². The maximum Gasteiger partial charge on any atom is 0.359 e. The molecule has 0 aliphatic carbocycles. The molecule has 0 spiro atoms. The number of carbonyl (C=O) groups excluding carboxylic acids is 3. The predicted molar refractivity (Wildman–Crippen MR) is 125 cm³/mol. The van der Waals surface area contributed by atoms with Crippen LogP contribution in [0.1, 0.15) is 30.9 Å². The van der Waals surface area contributed by atoms with Crippen molar-refractivity contribution in [1.82, 2.24) is 10.2 Å². The standard InChI is InChI=1S/C23H24N2O7S2/c1-12-7-5-6-8-14(12)32-20(28)15(13-9-10-33-11-13)17(26)24-16-18(27)25-19(16)34-22(2,3)23(25,31-4)21(29)30/h5-11,15-16,19H,1-4H3,(H,24,26)(H,29,30)/t15-,16-,19-,23-/m1/s1. The van der Waals surface area contributed by atoms with Crippen LogP contribution in [0, 0.1) is 6.92 Å². The van der Waals surface area contributed by atoms with E-state index in [0.717, 1.165) is 10.5 Å². The van der Waals surface area contributed by atoms with Gasteiger partial charge in [-0.1, -0.05) is 18.2 Å². The number of nitrogens with zero attached hydrogens (tertiary/aromatic N) is 1. The summed E-state index contributed by atoms with van der Waals surface area (Å²) in [6.45, 7) is 5.13. The fraction of sp³-hybridized carbons (Fsp3) is 0.391. The van der Waals surface area contributed by atoms with Gasteiger partial charge >= 0.3 is 11.9 Å². The first-order valence-electron chi connectivity index (χ1n) is 10.4. The third-order valence-corrected chi connectivity index (χ3v) is 8.47. The lowest BCUT2D eigenvalue weighted by molar-refractivity contribution is -0.211. The van der Waals surface area contributed by atoms with Gasteiger partial charge in [0.2, 0.25) is 5.91 Å². The minimum absolute atomic E-state index is 0.339. The molecule has 34 heavy (non-hydrogen) atoms. The van der Waals surface area contributed by atoms with Crippen LogP contribution in [-0.4, -0.2) is 62.8 Å². The number of carbonyl (C=O) groups is 4.